The van der Waals surface area contributed by atoms with Crippen molar-refractivity contribution in [1.29, 1.82) is 0 Å². The van der Waals surface area contributed by atoms with E-state index >= 15 is 0 Å². The summed E-state index contributed by atoms with van der Waals surface area (Å²) in [6.07, 6.45) is 1.82. The van der Waals surface area contributed by atoms with Gasteiger partial charge in [-0.2, -0.15) is 0 Å². The molecule has 1 saturated heterocycles. The van der Waals surface area contributed by atoms with Gasteiger partial charge in [0, 0.05) is 43.0 Å². The number of carbonyl (C=O) groups is 1. The molecule has 1 aliphatic rings. The lowest BCUT2D eigenvalue weighted by Crippen LogP contribution is -2.42. The summed E-state index contributed by atoms with van der Waals surface area (Å²) in [6, 6.07) is 5.62. The Morgan fingerprint density at radius 1 is 1.46 bits per heavy atom. The minimum absolute atomic E-state index is 0.105. The number of nitrogens with one attached hydrogen (secondary N) is 1. The molecule has 2 rings (SSSR count). The Kier molecular flexibility index (Phi) is 8.34. The molecular formula is C19H30BrN3O3. The number of benzene rings is 1. The van der Waals surface area contributed by atoms with Gasteiger partial charge in [-0.1, -0.05) is 22.0 Å². The maximum atomic E-state index is 12.6. The number of aliphatic hydroxyl groups excluding tert-OH is 1. The number of nitrogens with zero attached hydrogens (tertiary/aromatic N) is 2. The van der Waals surface area contributed by atoms with Crippen LogP contribution in [0.5, 0.6) is 0 Å². The van der Waals surface area contributed by atoms with Gasteiger partial charge < -0.3 is 25.0 Å². The average molecular weight is 428 g/mol. The monoisotopic (exact) mass is 427 g/mol. The summed E-state index contributed by atoms with van der Waals surface area (Å²) in [6.45, 7) is 5.69. The molecule has 0 spiro atoms. The summed E-state index contributed by atoms with van der Waals surface area (Å²) in [7, 11) is 3.48. The molecule has 26 heavy (non-hydrogen) atoms. The van der Waals surface area contributed by atoms with E-state index in [0.29, 0.717) is 12.5 Å². The van der Waals surface area contributed by atoms with Crippen LogP contribution in [0.4, 0.5) is 10.5 Å². The van der Waals surface area contributed by atoms with E-state index in [2.05, 4.69) is 26.1 Å². The maximum absolute atomic E-state index is 12.6. The van der Waals surface area contributed by atoms with Gasteiger partial charge >= 0.3 is 6.03 Å². The van der Waals surface area contributed by atoms with Gasteiger partial charge in [-0.3, -0.25) is 0 Å². The third kappa shape index (κ3) is 6.23. The van der Waals surface area contributed by atoms with E-state index in [0.717, 1.165) is 54.7 Å². The molecule has 1 aliphatic heterocycles. The number of rotatable bonds is 7. The van der Waals surface area contributed by atoms with Gasteiger partial charge in [0.05, 0.1) is 12.7 Å². The highest BCUT2D eigenvalue weighted by Gasteiger charge is 2.23. The highest BCUT2D eigenvalue weighted by atomic mass is 79.9. The topological polar surface area (TPSA) is 65.0 Å². The number of urea groups is 1. The molecule has 0 aliphatic carbocycles. The number of amides is 2. The van der Waals surface area contributed by atoms with E-state index in [1.165, 1.54) is 0 Å². The highest BCUT2D eigenvalue weighted by molar-refractivity contribution is 9.10. The molecule has 1 heterocycles. The Bertz CT molecular complexity index is 589. The number of aliphatic hydroxyl groups is 1. The number of hydrogen-bond donors (Lipinski definition) is 2. The Hall–Kier alpha value is -1.15. The molecule has 1 atom stereocenters. The van der Waals surface area contributed by atoms with Gasteiger partial charge in [-0.25, -0.2) is 4.79 Å². The second-order valence-electron chi connectivity index (χ2n) is 7.10. The van der Waals surface area contributed by atoms with E-state index in [-0.39, 0.29) is 12.1 Å². The summed E-state index contributed by atoms with van der Waals surface area (Å²) in [5.41, 5.74) is 1.70. The van der Waals surface area contributed by atoms with Crippen LogP contribution in [0.3, 0.4) is 0 Å². The first-order chi connectivity index (χ1) is 12.4. The first kappa shape index (κ1) is 21.2. The van der Waals surface area contributed by atoms with Crippen LogP contribution in [0.2, 0.25) is 0 Å². The molecule has 2 N–H and O–H groups in total. The van der Waals surface area contributed by atoms with Crippen molar-refractivity contribution in [3.8, 4) is 0 Å². The number of carbonyl (C=O) groups excluding carboxylic acids is 1. The molecule has 1 fully saturated rings. The van der Waals surface area contributed by atoms with Crippen LogP contribution >= 0.6 is 15.9 Å². The van der Waals surface area contributed by atoms with Crippen molar-refractivity contribution in [1.82, 2.24) is 9.80 Å². The minimum atomic E-state index is -0.286. The molecule has 146 valence electrons. The predicted molar refractivity (Wildman–Crippen MR) is 107 cm³/mol. The lowest BCUT2D eigenvalue weighted by Gasteiger charge is -2.34. The van der Waals surface area contributed by atoms with Crippen LogP contribution in [0.25, 0.3) is 0 Å². The predicted octanol–water partition coefficient (Wildman–Crippen LogP) is 3.15. The molecule has 0 aromatic heterocycles. The number of halogens is 1. The molecule has 1 aromatic rings. The van der Waals surface area contributed by atoms with Crippen molar-refractivity contribution in [2.45, 2.75) is 32.5 Å². The number of anilines is 1. The standard InChI is InChI=1S/C19H30BrN3O3/c1-14(24)11-23-9-7-15(8-10-23)12-22(2)19(25)21-18-6-4-5-17(20)16(18)13-26-3/h4-6,14-15,24H,7-13H2,1-3H3,(H,21,25)/t14-/m1/s1. The summed E-state index contributed by atoms with van der Waals surface area (Å²) in [4.78, 5) is 16.6. The van der Waals surface area contributed by atoms with Gasteiger partial charge in [-0.05, 0) is 50.9 Å². The quantitative estimate of drug-likeness (QED) is 0.701. The zero-order valence-corrected chi connectivity index (χ0v) is 17.5. The van der Waals surface area contributed by atoms with Crippen molar-refractivity contribution in [3.63, 3.8) is 0 Å². The van der Waals surface area contributed by atoms with Crippen molar-refractivity contribution < 1.29 is 14.6 Å². The van der Waals surface area contributed by atoms with Gasteiger partial charge in [0.25, 0.3) is 0 Å². The van der Waals surface area contributed by atoms with Gasteiger partial charge in [0.1, 0.15) is 0 Å². The number of ether oxygens (including phenoxy) is 1. The highest BCUT2D eigenvalue weighted by Crippen LogP contribution is 2.26. The van der Waals surface area contributed by atoms with Gasteiger partial charge in [-0.15, -0.1) is 0 Å². The van der Waals surface area contributed by atoms with Crippen LogP contribution in [-0.2, 0) is 11.3 Å². The largest absolute Gasteiger partial charge is 0.392 e. The molecule has 7 heteroatoms. The number of β-amino-alcohol motifs (C(OH)–C–C–N with tert-alkyl or cyclic N) is 1. The zero-order chi connectivity index (χ0) is 19.1. The van der Waals surface area contributed by atoms with Crippen LogP contribution < -0.4 is 5.32 Å². The fourth-order valence-electron chi connectivity index (χ4n) is 3.37. The Balaban J connectivity index is 1.86. The third-order valence-electron chi connectivity index (χ3n) is 4.76. The Morgan fingerprint density at radius 2 is 2.15 bits per heavy atom. The number of piperidine rings is 1. The van der Waals surface area contributed by atoms with E-state index in [1.54, 1.807) is 12.0 Å². The summed E-state index contributed by atoms with van der Waals surface area (Å²) < 4.78 is 6.15. The Labute approximate surface area is 164 Å². The fourth-order valence-corrected chi connectivity index (χ4v) is 3.85. The van der Waals surface area contributed by atoms with Crippen LogP contribution in [0, 0.1) is 5.92 Å². The second kappa shape index (κ2) is 10.3. The van der Waals surface area contributed by atoms with Crippen molar-refractivity contribution >= 4 is 27.6 Å². The molecule has 0 radical (unpaired) electrons. The molecule has 6 nitrogen and oxygen atoms in total. The maximum Gasteiger partial charge on any atom is 0.321 e. The van der Waals surface area contributed by atoms with Gasteiger partial charge in [0.2, 0.25) is 0 Å². The van der Waals surface area contributed by atoms with E-state index in [4.69, 9.17) is 4.74 Å². The SMILES string of the molecule is COCc1c(Br)cccc1NC(=O)N(C)CC1CCN(C[C@@H](C)O)CC1. The molecule has 1 aromatic carbocycles. The summed E-state index contributed by atoms with van der Waals surface area (Å²) in [5.74, 6) is 0.497. The van der Waals surface area contributed by atoms with E-state index in [9.17, 15) is 9.90 Å². The number of likely N-dealkylation sites (tertiary alicyclic amines) is 1. The molecule has 2 amide bonds. The molecular weight excluding hydrogens is 398 g/mol. The normalized spacial score (nSPS) is 17.1. The Morgan fingerprint density at radius 3 is 2.77 bits per heavy atom. The van der Waals surface area contributed by atoms with Gasteiger partial charge in [0.15, 0.2) is 0 Å². The lowest BCUT2D eigenvalue weighted by atomic mass is 9.96. The summed E-state index contributed by atoms with van der Waals surface area (Å²) >= 11 is 3.51. The van der Waals surface area contributed by atoms with E-state index < -0.39 is 0 Å². The van der Waals surface area contributed by atoms with Crippen molar-refractivity contribution in [2.75, 3.05) is 45.7 Å². The summed E-state index contributed by atoms with van der Waals surface area (Å²) in [5, 5.41) is 12.5. The first-order valence-corrected chi connectivity index (χ1v) is 9.88. The van der Waals surface area contributed by atoms with Crippen LogP contribution in [0.1, 0.15) is 25.3 Å². The zero-order valence-electron chi connectivity index (χ0n) is 15.9. The van der Waals surface area contributed by atoms with Crippen LogP contribution in [-0.4, -0.2) is 67.4 Å². The molecule has 0 bridgehead atoms. The second-order valence-corrected chi connectivity index (χ2v) is 7.96. The number of methoxy groups -OCH3 is 1. The van der Waals surface area contributed by atoms with Crippen LogP contribution in [0.15, 0.2) is 22.7 Å². The molecule has 0 saturated carbocycles. The fraction of sp³-hybridized carbons (Fsp3) is 0.632. The van der Waals surface area contributed by atoms with Crippen molar-refractivity contribution in [3.05, 3.63) is 28.2 Å². The van der Waals surface area contributed by atoms with Crippen molar-refractivity contribution in [2.24, 2.45) is 5.92 Å². The average Bonchev–Trinajstić information content (AvgIpc) is 2.59. The first-order valence-electron chi connectivity index (χ1n) is 9.09. The minimum Gasteiger partial charge on any atom is -0.392 e. The van der Waals surface area contributed by atoms with E-state index in [1.807, 2.05) is 32.2 Å². The third-order valence-corrected chi connectivity index (χ3v) is 5.50. The smallest absolute Gasteiger partial charge is 0.321 e. The number of hydrogen-bond acceptors (Lipinski definition) is 4. The lowest BCUT2D eigenvalue weighted by molar-refractivity contribution is 0.0951. The molecule has 0 unspecified atom stereocenters.